The van der Waals surface area contributed by atoms with Crippen LogP contribution in [0, 0.1) is 5.82 Å². The first-order chi connectivity index (χ1) is 16.8. The van der Waals surface area contributed by atoms with E-state index < -0.39 is 17.9 Å². The number of amides is 2. The number of nitrogens with one attached hydrogen (secondary N) is 1. The Bertz CT molecular complexity index is 1350. The average Bonchev–Trinajstić information content (AvgIpc) is 3.25. The van der Waals surface area contributed by atoms with Gasteiger partial charge in [-0.05, 0) is 48.5 Å². The number of carbonyl (C=O) groups is 2. The van der Waals surface area contributed by atoms with Gasteiger partial charge in [0, 0.05) is 31.3 Å². The molecular formula is C24H22FN7O3. The Balaban J connectivity index is 1.58. The predicted molar refractivity (Wildman–Crippen MR) is 126 cm³/mol. The highest BCUT2D eigenvalue weighted by atomic mass is 19.1. The minimum Gasteiger partial charge on any atom is -0.457 e. The van der Waals surface area contributed by atoms with Crippen molar-refractivity contribution in [1.29, 1.82) is 0 Å². The van der Waals surface area contributed by atoms with Gasteiger partial charge in [0.1, 0.15) is 34.9 Å². The van der Waals surface area contributed by atoms with Crippen LogP contribution in [0.15, 0.2) is 67.1 Å². The van der Waals surface area contributed by atoms with E-state index in [1.165, 1.54) is 30.3 Å². The molecule has 178 valence electrons. The Morgan fingerprint density at radius 3 is 2.29 bits per heavy atom. The van der Waals surface area contributed by atoms with Gasteiger partial charge < -0.3 is 26.1 Å². The molecule has 11 heteroatoms. The SMILES string of the molecule is Cn1cnc(CC(Nc2cc(C(N)=O)nc(-c3ccc(Oc4ccc(F)cc4)cc3)n2)C(N)=O)c1. The van der Waals surface area contributed by atoms with Crippen molar-refractivity contribution in [2.24, 2.45) is 18.5 Å². The molecule has 0 fully saturated rings. The van der Waals surface area contributed by atoms with Crippen molar-refractivity contribution in [2.75, 3.05) is 5.32 Å². The maximum Gasteiger partial charge on any atom is 0.267 e. The van der Waals surface area contributed by atoms with Gasteiger partial charge in [-0.25, -0.2) is 19.3 Å². The maximum absolute atomic E-state index is 13.1. The normalized spacial score (nSPS) is 11.6. The van der Waals surface area contributed by atoms with Gasteiger partial charge in [0.15, 0.2) is 5.82 Å². The monoisotopic (exact) mass is 475 g/mol. The molecule has 4 aromatic rings. The van der Waals surface area contributed by atoms with Crippen molar-refractivity contribution in [3.63, 3.8) is 0 Å². The summed E-state index contributed by atoms with van der Waals surface area (Å²) >= 11 is 0. The van der Waals surface area contributed by atoms with E-state index in [-0.39, 0.29) is 29.6 Å². The molecule has 1 atom stereocenters. The first-order valence-corrected chi connectivity index (χ1v) is 10.5. The lowest BCUT2D eigenvalue weighted by molar-refractivity contribution is -0.118. The van der Waals surface area contributed by atoms with E-state index in [9.17, 15) is 14.0 Å². The number of nitrogens with zero attached hydrogens (tertiary/aromatic N) is 4. The summed E-state index contributed by atoms with van der Waals surface area (Å²) in [7, 11) is 1.81. The van der Waals surface area contributed by atoms with Crippen LogP contribution in [0.4, 0.5) is 10.2 Å². The summed E-state index contributed by atoms with van der Waals surface area (Å²) < 4.78 is 20.5. The fraction of sp³-hybridized carbons (Fsp3) is 0.125. The number of hydrogen-bond donors (Lipinski definition) is 3. The third-order valence-corrected chi connectivity index (χ3v) is 4.98. The van der Waals surface area contributed by atoms with Gasteiger partial charge in [0.2, 0.25) is 5.91 Å². The highest BCUT2D eigenvalue weighted by Crippen LogP contribution is 2.25. The van der Waals surface area contributed by atoms with Gasteiger partial charge in [0.25, 0.3) is 5.91 Å². The maximum atomic E-state index is 13.1. The molecule has 2 aromatic carbocycles. The number of rotatable bonds is 9. The van der Waals surface area contributed by atoms with Crippen LogP contribution in [0.1, 0.15) is 16.2 Å². The lowest BCUT2D eigenvalue weighted by Gasteiger charge is -2.16. The van der Waals surface area contributed by atoms with Crippen LogP contribution < -0.4 is 21.5 Å². The third-order valence-electron chi connectivity index (χ3n) is 4.98. The molecule has 2 aromatic heterocycles. The fourth-order valence-electron chi connectivity index (χ4n) is 3.27. The molecule has 0 aliphatic rings. The third kappa shape index (κ3) is 5.96. The van der Waals surface area contributed by atoms with E-state index in [1.807, 2.05) is 7.05 Å². The standard InChI is InChI=1S/C24H22FN7O3/c1-32-12-16(28-13-32)10-19(22(26)33)29-21-11-20(23(27)34)30-24(31-21)14-2-6-17(7-3-14)35-18-8-4-15(25)5-9-18/h2-9,11-13,19H,10H2,1H3,(H2,26,33)(H2,27,34)(H,29,30,31). The second-order valence-corrected chi connectivity index (χ2v) is 7.74. The molecule has 5 N–H and O–H groups in total. The number of aromatic nitrogens is 4. The average molecular weight is 475 g/mol. The molecule has 0 bridgehead atoms. The Hall–Kier alpha value is -4.80. The summed E-state index contributed by atoms with van der Waals surface area (Å²) in [6.07, 6.45) is 3.61. The molecule has 0 spiro atoms. The highest BCUT2D eigenvalue weighted by molar-refractivity contribution is 5.92. The van der Waals surface area contributed by atoms with Crippen molar-refractivity contribution in [3.05, 3.63) is 84.3 Å². The lowest BCUT2D eigenvalue weighted by Crippen LogP contribution is -2.37. The number of primary amides is 2. The number of imidazole rings is 1. The van der Waals surface area contributed by atoms with Crippen molar-refractivity contribution in [3.8, 4) is 22.9 Å². The molecule has 0 saturated heterocycles. The molecular weight excluding hydrogens is 453 g/mol. The Morgan fingerprint density at radius 2 is 1.71 bits per heavy atom. The van der Waals surface area contributed by atoms with Crippen LogP contribution in [-0.2, 0) is 18.3 Å². The lowest BCUT2D eigenvalue weighted by atomic mass is 10.1. The van der Waals surface area contributed by atoms with Crippen LogP contribution in [0.3, 0.4) is 0 Å². The number of benzene rings is 2. The number of carbonyl (C=O) groups excluding carboxylic acids is 2. The van der Waals surface area contributed by atoms with E-state index in [0.29, 0.717) is 22.8 Å². The number of hydrogen-bond acceptors (Lipinski definition) is 7. The molecule has 35 heavy (non-hydrogen) atoms. The zero-order valence-electron chi connectivity index (χ0n) is 18.7. The van der Waals surface area contributed by atoms with Crippen LogP contribution in [-0.4, -0.2) is 37.4 Å². The molecule has 2 amide bonds. The smallest absolute Gasteiger partial charge is 0.267 e. The predicted octanol–water partition coefficient (Wildman–Crippen LogP) is 2.42. The second-order valence-electron chi connectivity index (χ2n) is 7.74. The second kappa shape index (κ2) is 10.00. The number of ether oxygens (including phenoxy) is 1. The quantitative estimate of drug-likeness (QED) is 0.336. The van der Waals surface area contributed by atoms with E-state index in [2.05, 4.69) is 20.3 Å². The highest BCUT2D eigenvalue weighted by Gasteiger charge is 2.20. The summed E-state index contributed by atoms with van der Waals surface area (Å²) in [5.74, 6) is -0.334. The molecule has 0 aliphatic carbocycles. The number of aryl methyl sites for hydroxylation is 1. The van der Waals surface area contributed by atoms with Gasteiger partial charge in [-0.1, -0.05) is 0 Å². The van der Waals surface area contributed by atoms with Crippen molar-refractivity contribution in [2.45, 2.75) is 12.5 Å². The summed E-state index contributed by atoms with van der Waals surface area (Å²) in [6, 6.07) is 12.9. The molecule has 0 aliphatic heterocycles. The van der Waals surface area contributed by atoms with Crippen LogP contribution >= 0.6 is 0 Å². The Kier molecular flexibility index (Phi) is 6.67. The molecule has 10 nitrogen and oxygen atoms in total. The van der Waals surface area contributed by atoms with E-state index in [4.69, 9.17) is 16.2 Å². The summed E-state index contributed by atoms with van der Waals surface area (Å²) in [5.41, 5.74) is 12.2. The molecule has 1 unspecified atom stereocenters. The number of halogens is 1. The van der Waals surface area contributed by atoms with Gasteiger partial charge in [-0.3, -0.25) is 9.59 Å². The van der Waals surface area contributed by atoms with Gasteiger partial charge in [-0.2, -0.15) is 0 Å². The van der Waals surface area contributed by atoms with Crippen molar-refractivity contribution in [1.82, 2.24) is 19.5 Å². The van der Waals surface area contributed by atoms with Crippen molar-refractivity contribution >= 4 is 17.6 Å². The topological polar surface area (TPSA) is 151 Å². The van der Waals surface area contributed by atoms with Crippen LogP contribution in [0.5, 0.6) is 11.5 Å². The first-order valence-electron chi connectivity index (χ1n) is 10.5. The van der Waals surface area contributed by atoms with E-state index >= 15 is 0 Å². The Morgan fingerprint density at radius 1 is 1.06 bits per heavy atom. The molecule has 0 radical (unpaired) electrons. The van der Waals surface area contributed by atoms with Crippen LogP contribution in [0.25, 0.3) is 11.4 Å². The zero-order valence-corrected chi connectivity index (χ0v) is 18.7. The molecule has 2 heterocycles. The van der Waals surface area contributed by atoms with Gasteiger partial charge in [-0.15, -0.1) is 0 Å². The number of nitrogens with two attached hydrogens (primary N) is 2. The zero-order chi connectivity index (χ0) is 24.9. The Labute approximate surface area is 199 Å². The minimum atomic E-state index is -0.833. The van der Waals surface area contributed by atoms with Crippen LogP contribution in [0.2, 0.25) is 0 Å². The van der Waals surface area contributed by atoms with Gasteiger partial charge >= 0.3 is 0 Å². The van der Waals surface area contributed by atoms with Gasteiger partial charge in [0.05, 0.1) is 12.0 Å². The fourth-order valence-corrected chi connectivity index (χ4v) is 3.27. The van der Waals surface area contributed by atoms with E-state index in [1.54, 1.807) is 41.4 Å². The molecule has 0 saturated carbocycles. The van der Waals surface area contributed by atoms with E-state index in [0.717, 1.165) is 0 Å². The molecule has 4 rings (SSSR count). The summed E-state index contributed by atoms with van der Waals surface area (Å²) in [5, 5.41) is 2.95. The van der Waals surface area contributed by atoms with Crippen molar-refractivity contribution < 1.29 is 18.7 Å². The largest absolute Gasteiger partial charge is 0.457 e. The first kappa shape index (κ1) is 23.4. The number of anilines is 1. The summed E-state index contributed by atoms with van der Waals surface area (Å²) in [6.45, 7) is 0. The minimum absolute atomic E-state index is 0.0369. The summed E-state index contributed by atoms with van der Waals surface area (Å²) in [4.78, 5) is 36.8.